The fraction of sp³-hybridized carbons (Fsp3) is 0.0154. The number of rotatable bonds is 7. The molecule has 0 spiro atoms. The molecule has 13 aromatic rings. The van der Waals surface area contributed by atoms with E-state index in [0.29, 0.717) is 0 Å². The summed E-state index contributed by atoms with van der Waals surface area (Å²) in [6.07, 6.45) is 0. The van der Waals surface area contributed by atoms with Crippen molar-refractivity contribution >= 4 is 71.7 Å². The molecule has 3 heteroatoms. The number of hydrogen-bond acceptors (Lipinski definition) is 3. The number of nitrogens with zero attached hydrogens (tertiary/aromatic N) is 1. The number of anilines is 3. The standard InChI is InChI=1S/C65H41NO2/c1-3-18-45(19-4-1)65(46-20-5-2-6-21-46)58-29-11-9-24-53(58)54-39-37-49(41-59(54)65)66(47-35-32-43(33-36-47)52-27-14-28-56-55-25-10-12-30-60(55)67-63(52)56)48-22-13-17-44(40-48)50-26-15-31-61-62(50)57-38-34-42-16-7-8-23-51(42)64(57)68-61/h1-41H. The second kappa shape index (κ2) is 15.1. The van der Waals surface area contributed by atoms with Gasteiger partial charge in [-0.3, -0.25) is 0 Å². The summed E-state index contributed by atoms with van der Waals surface area (Å²) in [7, 11) is 0. The second-order valence-electron chi connectivity index (χ2n) is 17.9. The molecule has 318 valence electrons. The number of para-hydroxylation sites is 2. The zero-order chi connectivity index (χ0) is 44.8. The van der Waals surface area contributed by atoms with Gasteiger partial charge in [0.05, 0.1) is 5.41 Å². The lowest BCUT2D eigenvalue weighted by Gasteiger charge is -2.35. The SMILES string of the molecule is c1ccc(C2(c3ccccc3)c3ccccc3-c3ccc(N(c4ccc(-c5cccc6c5oc5ccccc56)cc4)c4cccc(-c5cccc6oc7c8ccccc8ccc7c56)c4)cc32)cc1. The molecule has 14 rings (SSSR count). The molecule has 2 heterocycles. The zero-order valence-electron chi connectivity index (χ0n) is 36.9. The van der Waals surface area contributed by atoms with E-state index in [0.717, 1.165) is 88.6 Å². The van der Waals surface area contributed by atoms with Crippen LogP contribution in [-0.4, -0.2) is 0 Å². The molecule has 0 saturated heterocycles. The quantitative estimate of drug-likeness (QED) is 0.160. The van der Waals surface area contributed by atoms with Gasteiger partial charge in [0.15, 0.2) is 0 Å². The fourth-order valence-corrected chi connectivity index (χ4v) is 11.4. The summed E-state index contributed by atoms with van der Waals surface area (Å²) in [5.74, 6) is 0. The number of furan rings is 2. The molecule has 2 aromatic heterocycles. The van der Waals surface area contributed by atoms with Crippen LogP contribution in [0.25, 0.3) is 88.0 Å². The minimum atomic E-state index is -0.546. The zero-order valence-corrected chi connectivity index (χ0v) is 36.9. The summed E-state index contributed by atoms with van der Waals surface area (Å²) in [6.45, 7) is 0. The van der Waals surface area contributed by atoms with Crippen LogP contribution in [0.1, 0.15) is 22.3 Å². The lowest BCUT2D eigenvalue weighted by Crippen LogP contribution is -2.28. The Bertz CT molecular complexity index is 4050. The van der Waals surface area contributed by atoms with Crippen molar-refractivity contribution in [3.05, 3.63) is 271 Å². The molecule has 0 saturated carbocycles. The van der Waals surface area contributed by atoms with Crippen LogP contribution in [0.5, 0.6) is 0 Å². The first kappa shape index (κ1) is 38.4. The molecular weight excluding hydrogens is 827 g/mol. The summed E-state index contributed by atoms with van der Waals surface area (Å²) in [5.41, 5.74) is 18.1. The minimum absolute atomic E-state index is 0.546. The van der Waals surface area contributed by atoms with E-state index in [1.165, 1.54) is 38.8 Å². The van der Waals surface area contributed by atoms with Gasteiger partial charge in [0, 0.05) is 49.6 Å². The molecular formula is C65H41NO2. The Morgan fingerprint density at radius 3 is 1.75 bits per heavy atom. The van der Waals surface area contributed by atoms with Crippen LogP contribution in [0.3, 0.4) is 0 Å². The molecule has 0 amide bonds. The van der Waals surface area contributed by atoms with Crippen molar-refractivity contribution in [2.24, 2.45) is 0 Å². The molecule has 1 aliphatic rings. The van der Waals surface area contributed by atoms with E-state index in [4.69, 9.17) is 8.83 Å². The van der Waals surface area contributed by atoms with E-state index < -0.39 is 5.41 Å². The molecule has 0 radical (unpaired) electrons. The van der Waals surface area contributed by atoms with E-state index in [1.807, 2.05) is 12.1 Å². The molecule has 0 unspecified atom stereocenters. The van der Waals surface area contributed by atoms with Gasteiger partial charge >= 0.3 is 0 Å². The molecule has 0 N–H and O–H groups in total. The van der Waals surface area contributed by atoms with E-state index >= 15 is 0 Å². The Morgan fingerprint density at radius 2 is 0.912 bits per heavy atom. The highest BCUT2D eigenvalue weighted by molar-refractivity contribution is 6.19. The van der Waals surface area contributed by atoms with Crippen LogP contribution in [0.15, 0.2) is 258 Å². The van der Waals surface area contributed by atoms with Crippen LogP contribution in [-0.2, 0) is 5.41 Å². The van der Waals surface area contributed by atoms with Gasteiger partial charge in [-0.1, -0.05) is 194 Å². The fourth-order valence-electron chi connectivity index (χ4n) is 11.4. The predicted octanol–water partition coefficient (Wildman–Crippen LogP) is 17.8. The summed E-state index contributed by atoms with van der Waals surface area (Å²) in [4.78, 5) is 2.42. The van der Waals surface area contributed by atoms with Gasteiger partial charge in [-0.25, -0.2) is 0 Å². The Labute approximate surface area is 393 Å². The van der Waals surface area contributed by atoms with Gasteiger partial charge in [0.1, 0.15) is 22.3 Å². The Morgan fingerprint density at radius 1 is 0.309 bits per heavy atom. The van der Waals surface area contributed by atoms with Crippen molar-refractivity contribution in [3.63, 3.8) is 0 Å². The molecule has 68 heavy (non-hydrogen) atoms. The van der Waals surface area contributed by atoms with E-state index in [1.54, 1.807) is 0 Å². The normalized spacial score (nSPS) is 12.8. The first-order valence-corrected chi connectivity index (χ1v) is 23.3. The summed E-state index contributed by atoms with van der Waals surface area (Å²) in [6, 6.07) is 90.1. The lowest BCUT2D eigenvalue weighted by molar-refractivity contribution is 0.670. The van der Waals surface area contributed by atoms with Crippen LogP contribution in [0.2, 0.25) is 0 Å². The summed E-state index contributed by atoms with van der Waals surface area (Å²) < 4.78 is 13.2. The maximum Gasteiger partial charge on any atom is 0.143 e. The molecule has 3 nitrogen and oxygen atoms in total. The van der Waals surface area contributed by atoms with Crippen molar-refractivity contribution in [1.29, 1.82) is 0 Å². The Kier molecular flexibility index (Phi) is 8.50. The van der Waals surface area contributed by atoms with Gasteiger partial charge < -0.3 is 13.7 Å². The van der Waals surface area contributed by atoms with E-state index in [9.17, 15) is 0 Å². The van der Waals surface area contributed by atoms with Crippen molar-refractivity contribution in [2.45, 2.75) is 5.41 Å². The Hall–Kier alpha value is -8.92. The number of hydrogen-bond donors (Lipinski definition) is 0. The lowest BCUT2D eigenvalue weighted by atomic mass is 9.67. The van der Waals surface area contributed by atoms with Crippen molar-refractivity contribution in [2.75, 3.05) is 4.90 Å². The maximum atomic E-state index is 6.68. The molecule has 0 atom stereocenters. The van der Waals surface area contributed by atoms with E-state index in [-0.39, 0.29) is 0 Å². The number of benzene rings is 11. The van der Waals surface area contributed by atoms with Crippen LogP contribution >= 0.6 is 0 Å². The predicted molar refractivity (Wildman–Crippen MR) is 281 cm³/mol. The molecule has 0 fully saturated rings. The van der Waals surface area contributed by atoms with Gasteiger partial charge in [-0.05, 0) is 110 Å². The van der Waals surface area contributed by atoms with Crippen molar-refractivity contribution in [3.8, 4) is 33.4 Å². The molecule has 0 bridgehead atoms. The maximum absolute atomic E-state index is 6.68. The highest BCUT2D eigenvalue weighted by atomic mass is 16.3. The third kappa shape index (κ3) is 5.66. The first-order valence-electron chi connectivity index (χ1n) is 23.3. The smallest absolute Gasteiger partial charge is 0.143 e. The molecule has 11 aromatic carbocycles. The van der Waals surface area contributed by atoms with Gasteiger partial charge in [-0.2, -0.15) is 0 Å². The van der Waals surface area contributed by atoms with Gasteiger partial charge in [0.25, 0.3) is 0 Å². The van der Waals surface area contributed by atoms with Crippen LogP contribution in [0.4, 0.5) is 17.1 Å². The first-order chi connectivity index (χ1) is 33.7. The average Bonchev–Trinajstić information content (AvgIpc) is 4.08. The second-order valence-corrected chi connectivity index (χ2v) is 17.9. The number of fused-ring (bicyclic) bond motifs is 11. The monoisotopic (exact) mass is 867 g/mol. The van der Waals surface area contributed by atoms with Crippen molar-refractivity contribution in [1.82, 2.24) is 0 Å². The third-order valence-corrected chi connectivity index (χ3v) is 14.3. The topological polar surface area (TPSA) is 29.5 Å². The van der Waals surface area contributed by atoms with Crippen LogP contribution in [0, 0.1) is 0 Å². The van der Waals surface area contributed by atoms with Crippen LogP contribution < -0.4 is 4.90 Å². The average molecular weight is 868 g/mol. The summed E-state index contributed by atoms with van der Waals surface area (Å²) >= 11 is 0. The highest BCUT2D eigenvalue weighted by Gasteiger charge is 2.46. The Balaban J connectivity index is 0.982. The minimum Gasteiger partial charge on any atom is -0.455 e. The molecule has 0 aliphatic heterocycles. The molecule has 1 aliphatic carbocycles. The summed E-state index contributed by atoms with van der Waals surface area (Å²) in [5, 5.41) is 6.76. The van der Waals surface area contributed by atoms with Gasteiger partial charge in [0.2, 0.25) is 0 Å². The van der Waals surface area contributed by atoms with Gasteiger partial charge in [-0.15, -0.1) is 0 Å². The third-order valence-electron chi connectivity index (χ3n) is 14.3. The highest BCUT2D eigenvalue weighted by Crippen LogP contribution is 2.57. The van der Waals surface area contributed by atoms with Crippen molar-refractivity contribution < 1.29 is 8.83 Å². The van der Waals surface area contributed by atoms with E-state index in [2.05, 4.69) is 241 Å². The largest absolute Gasteiger partial charge is 0.455 e.